The van der Waals surface area contributed by atoms with Gasteiger partial charge < -0.3 is 4.74 Å². The Morgan fingerprint density at radius 3 is 2.39 bits per heavy atom. The monoisotopic (exact) mass is 321 g/mol. The van der Waals surface area contributed by atoms with Gasteiger partial charge >= 0.3 is 6.18 Å². The molecule has 0 aromatic heterocycles. The number of ether oxygens (including phenoxy) is 1. The Kier molecular flexibility index (Phi) is 3.55. The Morgan fingerprint density at radius 2 is 1.78 bits per heavy atom. The van der Waals surface area contributed by atoms with Gasteiger partial charge in [-0.1, -0.05) is 30.3 Å². The molecule has 0 bridgehead atoms. The Labute approximate surface area is 129 Å². The molecule has 1 aliphatic rings. The van der Waals surface area contributed by atoms with E-state index in [1.54, 1.807) is 30.3 Å². The van der Waals surface area contributed by atoms with Crippen molar-refractivity contribution in [2.75, 3.05) is 0 Å². The fourth-order valence-corrected chi connectivity index (χ4v) is 2.38. The number of nitrogens with zero attached hydrogens (tertiary/aromatic N) is 1. The molecular weight excluding hydrogens is 311 g/mol. The van der Waals surface area contributed by atoms with Crippen LogP contribution in [0.5, 0.6) is 5.75 Å². The minimum Gasteiger partial charge on any atom is -0.474 e. The molecule has 2 aromatic carbocycles. The van der Waals surface area contributed by atoms with Crippen LogP contribution in [0.15, 0.2) is 54.2 Å². The smallest absolute Gasteiger partial charge is 0.416 e. The average molecular weight is 321 g/mol. The molecule has 1 unspecified atom stereocenters. The lowest BCUT2D eigenvalue weighted by Crippen LogP contribution is -2.20. The topological polar surface area (TPSA) is 52.4 Å². The molecule has 0 amide bonds. The molecule has 0 N–H and O–H groups in total. The first-order valence-electron chi connectivity index (χ1n) is 6.65. The van der Waals surface area contributed by atoms with Gasteiger partial charge in [0.1, 0.15) is 5.75 Å². The van der Waals surface area contributed by atoms with E-state index in [0.717, 1.165) is 18.2 Å². The molecule has 3 rings (SSSR count). The molecular formula is C16H10F3NO3. The van der Waals surface area contributed by atoms with Gasteiger partial charge in [-0.15, -0.1) is 0 Å². The van der Waals surface area contributed by atoms with Gasteiger partial charge in [-0.05, 0) is 18.2 Å². The first-order chi connectivity index (χ1) is 10.9. The van der Waals surface area contributed by atoms with Gasteiger partial charge in [-0.2, -0.15) is 13.2 Å². The average Bonchev–Trinajstić information content (AvgIpc) is 2.53. The van der Waals surface area contributed by atoms with E-state index in [4.69, 9.17) is 4.74 Å². The summed E-state index contributed by atoms with van der Waals surface area (Å²) in [6.07, 6.45) is -4.35. The van der Waals surface area contributed by atoms with Gasteiger partial charge in [0, 0.05) is 17.2 Å². The van der Waals surface area contributed by atoms with Gasteiger partial charge in [0.15, 0.2) is 0 Å². The van der Waals surface area contributed by atoms with E-state index in [9.17, 15) is 23.3 Å². The quantitative estimate of drug-likeness (QED) is 0.606. The molecule has 0 spiro atoms. The third-order valence-corrected chi connectivity index (χ3v) is 3.47. The largest absolute Gasteiger partial charge is 0.474 e. The summed E-state index contributed by atoms with van der Waals surface area (Å²) in [5.74, 6) is 0.178. The van der Waals surface area contributed by atoms with Crippen molar-refractivity contribution in [3.05, 3.63) is 81.0 Å². The zero-order chi connectivity index (χ0) is 16.6. The second kappa shape index (κ2) is 5.42. The van der Waals surface area contributed by atoms with Crippen LogP contribution in [-0.2, 0) is 6.18 Å². The third-order valence-electron chi connectivity index (χ3n) is 3.47. The van der Waals surface area contributed by atoms with E-state index in [2.05, 4.69) is 0 Å². The minimum absolute atomic E-state index is 0.0405. The summed E-state index contributed by atoms with van der Waals surface area (Å²) in [5, 5.41) is 11.3. The van der Waals surface area contributed by atoms with E-state index in [1.165, 1.54) is 6.07 Å². The van der Waals surface area contributed by atoms with Gasteiger partial charge in [0.05, 0.1) is 10.5 Å². The van der Waals surface area contributed by atoms with Crippen LogP contribution in [0.1, 0.15) is 22.8 Å². The normalized spacial score (nSPS) is 17.0. The molecule has 0 radical (unpaired) electrons. The molecule has 0 saturated heterocycles. The predicted molar refractivity (Wildman–Crippen MR) is 76.2 cm³/mol. The Morgan fingerprint density at radius 1 is 1.09 bits per heavy atom. The number of benzene rings is 2. The van der Waals surface area contributed by atoms with E-state index >= 15 is 0 Å². The third kappa shape index (κ3) is 2.90. The lowest BCUT2D eigenvalue weighted by Gasteiger charge is -2.23. The van der Waals surface area contributed by atoms with Crippen molar-refractivity contribution < 1.29 is 22.8 Å². The van der Waals surface area contributed by atoms with Gasteiger partial charge in [0.25, 0.3) is 5.70 Å². The first-order valence-corrected chi connectivity index (χ1v) is 6.65. The highest BCUT2D eigenvalue weighted by molar-refractivity contribution is 5.63. The van der Waals surface area contributed by atoms with Gasteiger partial charge in [0.2, 0.25) is 6.10 Å². The fourth-order valence-electron chi connectivity index (χ4n) is 2.38. The molecule has 0 aliphatic carbocycles. The number of rotatable bonds is 2. The Bertz CT molecular complexity index is 785. The van der Waals surface area contributed by atoms with Crippen molar-refractivity contribution in [1.82, 2.24) is 0 Å². The van der Waals surface area contributed by atoms with Gasteiger partial charge in [-0.25, -0.2) is 0 Å². The van der Waals surface area contributed by atoms with Crippen molar-refractivity contribution >= 4 is 6.08 Å². The summed E-state index contributed by atoms with van der Waals surface area (Å²) < 4.78 is 43.9. The second-order valence-electron chi connectivity index (χ2n) is 4.99. The van der Waals surface area contributed by atoms with Crippen molar-refractivity contribution in [1.29, 1.82) is 0 Å². The maximum absolute atomic E-state index is 12.8. The van der Waals surface area contributed by atoms with Crippen LogP contribution >= 0.6 is 0 Å². The molecule has 1 aliphatic heterocycles. The number of fused-ring (bicyclic) bond motifs is 1. The van der Waals surface area contributed by atoms with Crippen LogP contribution in [0.3, 0.4) is 0 Å². The highest BCUT2D eigenvalue weighted by Crippen LogP contribution is 2.40. The standard InChI is InChI=1S/C16H10F3NO3/c17-16(18,19)12-6-7-14-11(8-12)9-13(20(21)22)15(23-14)10-4-2-1-3-5-10/h1-9,15H. The highest BCUT2D eigenvalue weighted by Gasteiger charge is 2.36. The van der Waals surface area contributed by atoms with Crippen LogP contribution in [0.4, 0.5) is 13.2 Å². The van der Waals surface area contributed by atoms with Crippen molar-refractivity contribution in [2.24, 2.45) is 0 Å². The van der Waals surface area contributed by atoms with Crippen molar-refractivity contribution in [2.45, 2.75) is 12.3 Å². The fraction of sp³-hybridized carbons (Fsp3) is 0.125. The number of hydrogen-bond acceptors (Lipinski definition) is 3. The lowest BCUT2D eigenvalue weighted by atomic mass is 10.00. The molecule has 7 heteroatoms. The van der Waals surface area contributed by atoms with Crippen LogP contribution in [-0.4, -0.2) is 4.92 Å². The maximum Gasteiger partial charge on any atom is 0.416 e. The summed E-state index contributed by atoms with van der Waals surface area (Å²) in [7, 11) is 0. The summed E-state index contributed by atoms with van der Waals surface area (Å²) in [6.45, 7) is 0. The maximum atomic E-state index is 12.8. The number of alkyl halides is 3. The van der Waals surface area contributed by atoms with E-state index in [-0.39, 0.29) is 17.0 Å². The summed E-state index contributed by atoms with van der Waals surface area (Å²) in [4.78, 5) is 10.6. The summed E-state index contributed by atoms with van der Waals surface area (Å²) in [5.41, 5.74) is -0.584. The molecule has 2 aromatic rings. The molecule has 1 heterocycles. The lowest BCUT2D eigenvalue weighted by molar-refractivity contribution is -0.434. The number of hydrogen-bond donors (Lipinski definition) is 0. The highest BCUT2D eigenvalue weighted by atomic mass is 19.4. The Hall–Kier alpha value is -2.83. The SMILES string of the molecule is O=[N+]([O-])C1=Cc2cc(C(F)(F)F)ccc2OC1c1ccccc1. The zero-order valence-electron chi connectivity index (χ0n) is 11.6. The molecule has 118 valence electrons. The van der Waals surface area contributed by atoms with Crippen LogP contribution < -0.4 is 4.74 Å². The first kappa shape index (κ1) is 15.1. The van der Waals surface area contributed by atoms with Crippen LogP contribution in [0, 0.1) is 10.1 Å². The zero-order valence-corrected chi connectivity index (χ0v) is 11.6. The molecule has 1 atom stereocenters. The van der Waals surface area contributed by atoms with Crippen molar-refractivity contribution in [3.63, 3.8) is 0 Å². The second-order valence-corrected chi connectivity index (χ2v) is 4.99. The van der Waals surface area contributed by atoms with E-state index in [0.29, 0.717) is 5.56 Å². The Balaban J connectivity index is 2.08. The molecule has 0 fully saturated rings. The van der Waals surface area contributed by atoms with Crippen LogP contribution in [0.25, 0.3) is 6.08 Å². The van der Waals surface area contributed by atoms with Crippen molar-refractivity contribution in [3.8, 4) is 5.75 Å². The summed E-state index contributed by atoms with van der Waals surface area (Å²) in [6, 6.07) is 11.4. The minimum atomic E-state index is -4.52. The van der Waals surface area contributed by atoms with Crippen LogP contribution in [0.2, 0.25) is 0 Å². The van der Waals surface area contributed by atoms with E-state index in [1.807, 2.05) is 0 Å². The number of nitro groups is 1. The molecule has 23 heavy (non-hydrogen) atoms. The molecule has 0 saturated carbocycles. The number of halogens is 3. The predicted octanol–water partition coefficient (Wildman–Crippen LogP) is 4.46. The molecule has 4 nitrogen and oxygen atoms in total. The van der Waals surface area contributed by atoms with E-state index < -0.39 is 22.8 Å². The summed E-state index contributed by atoms with van der Waals surface area (Å²) >= 11 is 0. The van der Waals surface area contributed by atoms with Gasteiger partial charge in [-0.3, -0.25) is 10.1 Å².